The molecule has 9 nitrogen and oxygen atoms in total. The minimum Gasteiger partial charge on any atom is -0.492 e. The molecule has 0 bridgehead atoms. The van der Waals surface area contributed by atoms with Crippen LogP contribution in [0.1, 0.15) is 18.1 Å². The first-order valence-electron chi connectivity index (χ1n) is 11.0. The molecule has 0 radical (unpaired) electrons. The maximum Gasteiger partial charge on any atom is 0.350 e. The van der Waals surface area contributed by atoms with E-state index in [1.807, 2.05) is 25.1 Å². The second kappa shape index (κ2) is 8.51. The highest BCUT2D eigenvalue weighted by atomic mass is 16.5. The number of fused-ring (bicyclic) bond motifs is 3. The number of amides is 1. The number of ether oxygens (including phenoxy) is 1. The first kappa shape index (κ1) is 21.4. The summed E-state index contributed by atoms with van der Waals surface area (Å²) < 4.78 is 9.81. The second-order valence-corrected chi connectivity index (χ2v) is 8.07. The van der Waals surface area contributed by atoms with Crippen molar-refractivity contribution in [2.75, 3.05) is 11.9 Å². The summed E-state index contributed by atoms with van der Waals surface area (Å²) >= 11 is 0. The maximum atomic E-state index is 12.9. The van der Waals surface area contributed by atoms with Crippen molar-refractivity contribution < 1.29 is 9.53 Å². The van der Waals surface area contributed by atoms with E-state index in [0.29, 0.717) is 29.2 Å². The molecule has 1 amide bonds. The van der Waals surface area contributed by atoms with Crippen molar-refractivity contribution in [1.29, 1.82) is 0 Å². The van der Waals surface area contributed by atoms with Gasteiger partial charge >= 0.3 is 5.69 Å². The fraction of sp³-hybridized carbons (Fsp3) is 0.200. The van der Waals surface area contributed by atoms with Gasteiger partial charge in [0.25, 0.3) is 0 Å². The Morgan fingerprint density at radius 1 is 1.03 bits per heavy atom. The molecule has 3 heterocycles. The quantitative estimate of drug-likeness (QED) is 0.422. The van der Waals surface area contributed by atoms with Crippen LogP contribution >= 0.6 is 0 Å². The van der Waals surface area contributed by atoms with Crippen molar-refractivity contribution in [2.45, 2.75) is 27.3 Å². The number of anilines is 1. The van der Waals surface area contributed by atoms with E-state index in [2.05, 4.69) is 41.5 Å². The van der Waals surface area contributed by atoms with Crippen LogP contribution in [0.15, 0.2) is 65.7 Å². The lowest BCUT2D eigenvalue weighted by Crippen LogP contribution is -2.28. The number of aromatic nitrogens is 5. The first-order valence-corrected chi connectivity index (χ1v) is 11.0. The summed E-state index contributed by atoms with van der Waals surface area (Å²) in [4.78, 5) is 25.6. The fourth-order valence-electron chi connectivity index (χ4n) is 3.86. The van der Waals surface area contributed by atoms with Gasteiger partial charge in [0.2, 0.25) is 5.91 Å². The van der Waals surface area contributed by atoms with Crippen molar-refractivity contribution in [3.05, 3.63) is 82.5 Å². The summed E-state index contributed by atoms with van der Waals surface area (Å²) in [7, 11) is 0. The number of hydrogen-bond donors (Lipinski definition) is 1. The Morgan fingerprint density at radius 2 is 1.85 bits per heavy atom. The first-order chi connectivity index (χ1) is 16.4. The third-order valence-corrected chi connectivity index (χ3v) is 5.75. The molecule has 2 aromatic carbocycles. The minimum absolute atomic E-state index is 0.231. The van der Waals surface area contributed by atoms with Crippen LogP contribution in [-0.4, -0.2) is 36.3 Å². The van der Waals surface area contributed by atoms with E-state index >= 15 is 0 Å². The largest absolute Gasteiger partial charge is 0.492 e. The van der Waals surface area contributed by atoms with Gasteiger partial charge in [-0.05, 0) is 56.2 Å². The number of hydrogen-bond acceptors (Lipinski definition) is 5. The van der Waals surface area contributed by atoms with Crippen LogP contribution < -0.4 is 15.7 Å². The predicted molar refractivity (Wildman–Crippen MR) is 129 cm³/mol. The number of rotatable bonds is 6. The van der Waals surface area contributed by atoms with Crippen molar-refractivity contribution in [2.24, 2.45) is 0 Å². The minimum atomic E-state index is -0.403. The molecule has 0 fully saturated rings. The van der Waals surface area contributed by atoms with Gasteiger partial charge in [0.15, 0.2) is 5.65 Å². The van der Waals surface area contributed by atoms with Gasteiger partial charge in [0.1, 0.15) is 17.8 Å². The zero-order valence-electron chi connectivity index (χ0n) is 19.1. The molecular weight excluding hydrogens is 432 g/mol. The van der Waals surface area contributed by atoms with Crippen LogP contribution in [0.25, 0.3) is 22.4 Å². The lowest BCUT2D eigenvalue weighted by molar-refractivity contribution is -0.117. The van der Waals surface area contributed by atoms with E-state index in [9.17, 15) is 9.59 Å². The maximum absolute atomic E-state index is 12.9. The summed E-state index contributed by atoms with van der Waals surface area (Å²) in [6, 6.07) is 15.2. The highest BCUT2D eigenvalue weighted by molar-refractivity contribution is 5.92. The van der Waals surface area contributed by atoms with Gasteiger partial charge in [-0.15, -0.1) is 5.10 Å². The van der Waals surface area contributed by atoms with Crippen LogP contribution in [0.4, 0.5) is 5.69 Å². The molecule has 0 saturated carbocycles. The molecule has 0 atom stereocenters. The molecule has 0 aliphatic carbocycles. The van der Waals surface area contributed by atoms with Gasteiger partial charge < -0.3 is 10.1 Å². The number of carbonyl (C=O) groups excluding carboxylic acids is 1. The zero-order chi connectivity index (χ0) is 23.8. The number of aryl methyl sites for hydroxylation is 2. The Bertz CT molecular complexity index is 1590. The van der Waals surface area contributed by atoms with Crippen LogP contribution in [-0.2, 0) is 11.3 Å². The number of nitrogens with zero attached hydrogens (tertiary/aromatic N) is 5. The van der Waals surface area contributed by atoms with Crippen molar-refractivity contribution in [3.8, 4) is 17.0 Å². The van der Waals surface area contributed by atoms with Gasteiger partial charge in [-0.25, -0.2) is 18.4 Å². The van der Waals surface area contributed by atoms with Gasteiger partial charge in [-0.3, -0.25) is 4.79 Å². The lowest BCUT2D eigenvalue weighted by Gasteiger charge is -2.10. The average molecular weight is 457 g/mol. The SMILES string of the molecule is CCOc1ccccc1NC(=O)Cn1nc2c3cc(-c4ccc(C)c(C)c4)nn3ccn2c1=O. The summed E-state index contributed by atoms with van der Waals surface area (Å²) in [5.74, 6) is 0.193. The predicted octanol–water partition coefficient (Wildman–Crippen LogP) is 3.46. The van der Waals surface area contributed by atoms with Crippen LogP contribution in [0.3, 0.4) is 0 Å². The van der Waals surface area contributed by atoms with Crippen LogP contribution in [0, 0.1) is 13.8 Å². The highest BCUT2D eigenvalue weighted by Crippen LogP contribution is 2.24. The molecule has 9 heteroatoms. The van der Waals surface area contributed by atoms with Crippen LogP contribution in [0.2, 0.25) is 0 Å². The Morgan fingerprint density at radius 3 is 2.65 bits per heavy atom. The number of benzene rings is 2. The van der Waals surface area contributed by atoms with Gasteiger partial charge in [-0.2, -0.15) is 5.10 Å². The molecule has 0 aliphatic rings. The molecule has 0 aliphatic heterocycles. The smallest absolute Gasteiger partial charge is 0.350 e. The van der Waals surface area contributed by atoms with Gasteiger partial charge in [0.05, 0.1) is 18.0 Å². The molecular formula is C25H24N6O3. The number of para-hydroxylation sites is 2. The molecule has 5 rings (SSSR count). The van der Waals surface area contributed by atoms with E-state index in [4.69, 9.17) is 4.74 Å². The van der Waals surface area contributed by atoms with Crippen LogP contribution in [0.5, 0.6) is 5.75 Å². The number of carbonyl (C=O) groups is 1. The molecule has 5 aromatic rings. The summed E-state index contributed by atoms with van der Waals surface area (Å²) in [6.07, 6.45) is 3.31. The van der Waals surface area contributed by atoms with Crippen molar-refractivity contribution >= 4 is 22.8 Å². The standard InChI is InChI=1S/C25H24N6O3/c1-4-34-22-8-6-5-7-19(22)26-23(32)15-31-25(33)29-11-12-30-21(24(29)28-31)14-20(27-30)18-10-9-16(2)17(3)13-18/h5-14H,4,15H2,1-3H3,(H,26,32). The summed E-state index contributed by atoms with van der Waals surface area (Å²) in [6.45, 7) is 6.25. The molecule has 1 N–H and O–H groups in total. The van der Waals surface area contributed by atoms with E-state index in [1.165, 1.54) is 15.5 Å². The zero-order valence-corrected chi connectivity index (χ0v) is 19.1. The molecule has 0 spiro atoms. The van der Waals surface area contributed by atoms with E-state index < -0.39 is 5.69 Å². The number of nitrogens with one attached hydrogen (secondary N) is 1. The van der Waals surface area contributed by atoms with E-state index in [1.54, 1.807) is 35.1 Å². The van der Waals surface area contributed by atoms with Gasteiger partial charge in [0, 0.05) is 18.0 Å². The normalized spacial score (nSPS) is 11.3. The third-order valence-electron chi connectivity index (χ3n) is 5.75. The summed E-state index contributed by atoms with van der Waals surface area (Å²) in [5, 5.41) is 11.9. The monoisotopic (exact) mass is 456 g/mol. The third kappa shape index (κ3) is 3.81. The average Bonchev–Trinajstić information content (AvgIpc) is 3.39. The van der Waals surface area contributed by atoms with E-state index in [0.717, 1.165) is 15.9 Å². The topological polar surface area (TPSA) is 94.9 Å². The van der Waals surface area contributed by atoms with Crippen molar-refractivity contribution in [3.63, 3.8) is 0 Å². The second-order valence-electron chi connectivity index (χ2n) is 8.07. The fourth-order valence-corrected chi connectivity index (χ4v) is 3.86. The highest BCUT2D eigenvalue weighted by Gasteiger charge is 2.16. The Hall–Kier alpha value is -4.40. The Kier molecular flexibility index (Phi) is 5.37. The Balaban J connectivity index is 1.47. The Labute approximate surface area is 195 Å². The van der Waals surface area contributed by atoms with Gasteiger partial charge in [-0.1, -0.05) is 24.3 Å². The molecule has 172 valence electrons. The lowest BCUT2D eigenvalue weighted by atomic mass is 10.0. The molecule has 0 unspecified atom stereocenters. The molecule has 3 aromatic heterocycles. The summed E-state index contributed by atoms with van der Waals surface area (Å²) in [5.41, 5.74) is 5.40. The van der Waals surface area contributed by atoms with Crippen molar-refractivity contribution in [1.82, 2.24) is 23.8 Å². The molecule has 34 heavy (non-hydrogen) atoms. The molecule has 0 saturated heterocycles. The van der Waals surface area contributed by atoms with E-state index in [-0.39, 0.29) is 12.5 Å².